The molecule has 2 aromatic rings. The summed E-state index contributed by atoms with van der Waals surface area (Å²) < 4.78 is 5.30. The highest BCUT2D eigenvalue weighted by Gasteiger charge is 2.35. The van der Waals surface area contributed by atoms with Crippen LogP contribution >= 0.6 is 12.4 Å². The van der Waals surface area contributed by atoms with E-state index in [1.165, 1.54) is 6.26 Å². The Bertz CT molecular complexity index is 837. The quantitative estimate of drug-likeness (QED) is 0.679. The third-order valence-corrected chi connectivity index (χ3v) is 5.70. The zero-order chi connectivity index (χ0) is 20.1. The SMILES string of the molecule is Cl.O=C(NCCCN1CCNCC1)C1Cc2ccccc2CN1C(=O)c1ccco1. The standard InChI is InChI=1S/C22H28N4O3.ClH/c27-21(24-8-4-11-25-12-9-23-10-13-25)19-15-17-5-1-2-6-18(17)16-26(19)22(28)20-7-3-14-29-20;/h1-3,5-7,14,19,23H,4,8-13,15-16H2,(H,24,27);1H. The molecule has 0 spiro atoms. The van der Waals surface area contributed by atoms with Crippen LogP contribution < -0.4 is 10.6 Å². The fourth-order valence-electron chi connectivity index (χ4n) is 4.08. The molecule has 1 aromatic carbocycles. The average molecular weight is 433 g/mol. The van der Waals surface area contributed by atoms with E-state index >= 15 is 0 Å². The van der Waals surface area contributed by atoms with Crippen LogP contribution in [0.25, 0.3) is 0 Å². The van der Waals surface area contributed by atoms with E-state index in [-0.39, 0.29) is 30.0 Å². The average Bonchev–Trinajstić information content (AvgIpc) is 3.31. The van der Waals surface area contributed by atoms with Crippen molar-refractivity contribution in [2.45, 2.75) is 25.4 Å². The van der Waals surface area contributed by atoms with E-state index in [4.69, 9.17) is 4.42 Å². The van der Waals surface area contributed by atoms with Crippen molar-refractivity contribution in [1.29, 1.82) is 0 Å². The minimum atomic E-state index is -0.526. The Hall–Kier alpha value is -2.35. The first-order valence-corrected chi connectivity index (χ1v) is 10.3. The number of carbonyl (C=O) groups is 2. The molecule has 30 heavy (non-hydrogen) atoms. The Morgan fingerprint density at radius 3 is 2.60 bits per heavy atom. The normalized spacial score (nSPS) is 18.9. The number of rotatable bonds is 6. The van der Waals surface area contributed by atoms with Crippen LogP contribution in [0.5, 0.6) is 0 Å². The second-order valence-corrected chi connectivity index (χ2v) is 7.64. The number of nitrogens with one attached hydrogen (secondary N) is 2. The Kier molecular flexibility index (Phi) is 7.90. The molecule has 1 saturated heterocycles. The summed E-state index contributed by atoms with van der Waals surface area (Å²) in [6, 6.07) is 10.8. The molecule has 162 valence electrons. The molecule has 0 saturated carbocycles. The van der Waals surface area contributed by atoms with Gasteiger partial charge in [0.05, 0.1) is 6.26 Å². The number of halogens is 1. The molecule has 2 aliphatic rings. The summed E-state index contributed by atoms with van der Waals surface area (Å²) >= 11 is 0. The number of hydrogen-bond acceptors (Lipinski definition) is 5. The van der Waals surface area contributed by atoms with Gasteiger partial charge in [0, 0.05) is 45.7 Å². The lowest BCUT2D eigenvalue weighted by molar-refractivity contribution is -0.126. The third-order valence-electron chi connectivity index (χ3n) is 5.70. The van der Waals surface area contributed by atoms with Crippen LogP contribution in [0.4, 0.5) is 0 Å². The van der Waals surface area contributed by atoms with Crippen LogP contribution in [0.15, 0.2) is 47.1 Å². The van der Waals surface area contributed by atoms with Crippen molar-refractivity contribution in [2.75, 3.05) is 39.3 Å². The number of carbonyl (C=O) groups excluding carboxylic acids is 2. The van der Waals surface area contributed by atoms with E-state index in [0.29, 0.717) is 19.5 Å². The van der Waals surface area contributed by atoms with Gasteiger partial charge in [-0.2, -0.15) is 0 Å². The van der Waals surface area contributed by atoms with Gasteiger partial charge in [0.25, 0.3) is 5.91 Å². The van der Waals surface area contributed by atoms with Gasteiger partial charge in [-0.05, 0) is 36.2 Å². The van der Waals surface area contributed by atoms with Crippen LogP contribution in [0, 0.1) is 0 Å². The minimum Gasteiger partial charge on any atom is -0.459 e. The molecule has 2 N–H and O–H groups in total. The molecule has 0 bridgehead atoms. The van der Waals surface area contributed by atoms with Crippen LogP contribution in [0.3, 0.4) is 0 Å². The molecule has 8 heteroatoms. The van der Waals surface area contributed by atoms with Gasteiger partial charge in [0.2, 0.25) is 5.91 Å². The van der Waals surface area contributed by atoms with Crippen molar-refractivity contribution in [3.63, 3.8) is 0 Å². The molecule has 1 unspecified atom stereocenters. The summed E-state index contributed by atoms with van der Waals surface area (Å²) in [6.45, 7) is 6.16. The Balaban J connectivity index is 0.00000256. The fraction of sp³-hybridized carbons (Fsp3) is 0.455. The molecule has 0 aliphatic carbocycles. The summed E-state index contributed by atoms with van der Waals surface area (Å²) in [7, 11) is 0. The Labute approximate surface area is 183 Å². The summed E-state index contributed by atoms with van der Waals surface area (Å²) in [5.74, 6) is -0.0777. The van der Waals surface area contributed by atoms with Gasteiger partial charge >= 0.3 is 0 Å². The van der Waals surface area contributed by atoms with Gasteiger partial charge in [-0.15, -0.1) is 12.4 Å². The third kappa shape index (κ3) is 5.22. The lowest BCUT2D eigenvalue weighted by atomic mass is 9.93. The Morgan fingerprint density at radius 2 is 1.87 bits per heavy atom. The van der Waals surface area contributed by atoms with E-state index in [0.717, 1.165) is 50.3 Å². The fourth-order valence-corrected chi connectivity index (χ4v) is 4.08. The minimum absolute atomic E-state index is 0. The second-order valence-electron chi connectivity index (χ2n) is 7.64. The molecule has 1 atom stereocenters. The van der Waals surface area contributed by atoms with E-state index in [2.05, 4.69) is 15.5 Å². The first-order valence-electron chi connectivity index (χ1n) is 10.3. The Morgan fingerprint density at radius 1 is 1.10 bits per heavy atom. The van der Waals surface area contributed by atoms with Crippen LogP contribution in [0.1, 0.15) is 28.1 Å². The number of nitrogens with zero attached hydrogens (tertiary/aromatic N) is 2. The van der Waals surface area contributed by atoms with Crippen LogP contribution in [-0.2, 0) is 17.8 Å². The van der Waals surface area contributed by atoms with Crippen molar-refractivity contribution in [2.24, 2.45) is 0 Å². The van der Waals surface area contributed by atoms with Crippen molar-refractivity contribution in [1.82, 2.24) is 20.4 Å². The largest absolute Gasteiger partial charge is 0.459 e. The highest BCUT2D eigenvalue weighted by atomic mass is 35.5. The molecular formula is C22H29ClN4O3. The monoisotopic (exact) mass is 432 g/mol. The lowest BCUT2D eigenvalue weighted by Crippen LogP contribution is -2.52. The molecule has 2 aliphatic heterocycles. The van der Waals surface area contributed by atoms with Crippen molar-refractivity contribution in [3.05, 3.63) is 59.5 Å². The van der Waals surface area contributed by atoms with Gasteiger partial charge in [0.1, 0.15) is 6.04 Å². The van der Waals surface area contributed by atoms with E-state index in [1.807, 2.05) is 24.3 Å². The zero-order valence-corrected chi connectivity index (χ0v) is 17.8. The molecule has 4 rings (SSSR count). The lowest BCUT2D eigenvalue weighted by Gasteiger charge is -2.35. The highest BCUT2D eigenvalue weighted by Crippen LogP contribution is 2.25. The first kappa shape index (κ1) is 22.3. The maximum atomic E-state index is 13.0. The molecule has 0 radical (unpaired) electrons. The molecule has 1 fully saturated rings. The second kappa shape index (κ2) is 10.6. The molecule has 7 nitrogen and oxygen atoms in total. The van der Waals surface area contributed by atoms with Gasteiger partial charge in [-0.1, -0.05) is 24.3 Å². The summed E-state index contributed by atoms with van der Waals surface area (Å²) in [6.07, 6.45) is 2.91. The topological polar surface area (TPSA) is 77.8 Å². The van der Waals surface area contributed by atoms with E-state index < -0.39 is 6.04 Å². The number of piperazine rings is 1. The van der Waals surface area contributed by atoms with E-state index in [1.54, 1.807) is 17.0 Å². The van der Waals surface area contributed by atoms with Gasteiger partial charge < -0.3 is 24.9 Å². The molecule has 3 heterocycles. The first-order chi connectivity index (χ1) is 14.2. The maximum absolute atomic E-state index is 13.0. The predicted molar refractivity (Wildman–Crippen MR) is 117 cm³/mol. The van der Waals surface area contributed by atoms with Crippen molar-refractivity contribution < 1.29 is 14.0 Å². The number of benzene rings is 1. The molecular weight excluding hydrogens is 404 g/mol. The van der Waals surface area contributed by atoms with E-state index in [9.17, 15) is 9.59 Å². The number of fused-ring (bicyclic) bond motifs is 1. The molecule has 2 amide bonds. The molecule has 1 aromatic heterocycles. The number of amides is 2. The van der Waals surface area contributed by atoms with Gasteiger partial charge in [0.15, 0.2) is 5.76 Å². The van der Waals surface area contributed by atoms with Crippen molar-refractivity contribution in [3.8, 4) is 0 Å². The van der Waals surface area contributed by atoms with Crippen LogP contribution in [0.2, 0.25) is 0 Å². The number of hydrogen-bond donors (Lipinski definition) is 2. The zero-order valence-electron chi connectivity index (χ0n) is 17.0. The summed E-state index contributed by atoms with van der Waals surface area (Å²) in [5, 5.41) is 6.39. The van der Waals surface area contributed by atoms with Crippen molar-refractivity contribution >= 4 is 24.2 Å². The predicted octanol–water partition coefficient (Wildman–Crippen LogP) is 1.68. The maximum Gasteiger partial charge on any atom is 0.290 e. The van der Waals surface area contributed by atoms with Crippen LogP contribution in [-0.4, -0.2) is 66.9 Å². The highest BCUT2D eigenvalue weighted by molar-refractivity contribution is 5.96. The smallest absolute Gasteiger partial charge is 0.290 e. The summed E-state index contributed by atoms with van der Waals surface area (Å²) in [4.78, 5) is 30.0. The number of furan rings is 1. The summed E-state index contributed by atoms with van der Waals surface area (Å²) in [5.41, 5.74) is 2.20. The van der Waals surface area contributed by atoms with Gasteiger partial charge in [-0.25, -0.2) is 0 Å². The van der Waals surface area contributed by atoms with Gasteiger partial charge in [-0.3, -0.25) is 9.59 Å².